The maximum Gasteiger partial charge on any atom is 0.231 e. The van der Waals surface area contributed by atoms with E-state index in [1.165, 1.54) is 11.1 Å². The second-order valence-corrected chi connectivity index (χ2v) is 12.8. The van der Waals surface area contributed by atoms with Gasteiger partial charge < -0.3 is 10.1 Å². The average molecular weight is 586 g/mol. The molecule has 3 aromatic rings. The molecule has 43 heavy (non-hydrogen) atoms. The fourth-order valence-corrected chi connectivity index (χ4v) is 6.89. The Morgan fingerprint density at radius 2 is 1.77 bits per heavy atom. The zero-order valence-electron chi connectivity index (χ0n) is 26.4. The van der Waals surface area contributed by atoms with Gasteiger partial charge in [-0.1, -0.05) is 12.1 Å². The third-order valence-corrected chi connectivity index (χ3v) is 9.38. The van der Waals surface area contributed by atoms with E-state index in [0.717, 1.165) is 68.4 Å². The molecule has 2 aromatic heterocycles. The minimum Gasteiger partial charge on any atom is -0.496 e. The fraction of sp³-hybridized carbons (Fsp3) is 0.543. The normalized spacial score (nSPS) is 22.3. The molecule has 0 spiro atoms. The number of benzene rings is 1. The van der Waals surface area contributed by atoms with E-state index in [4.69, 9.17) is 14.8 Å². The van der Waals surface area contributed by atoms with E-state index in [1.807, 2.05) is 34.0 Å². The first-order valence-electron chi connectivity index (χ1n) is 16.0. The predicted molar refractivity (Wildman–Crippen MR) is 170 cm³/mol. The second kappa shape index (κ2) is 13.7. The number of rotatable bonds is 9. The lowest BCUT2D eigenvalue weighted by atomic mass is 9.78. The Morgan fingerprint density at radius 1 is 1.02 bits per heavy atom. The molecule has 0 aliphatic heterocycles. The standard InChI is InChI=1S/C35H47N5O3/c1-23(2)40-19-17-32(38-40)30-16-18-36-34(21-30)39(35(42)28-10-13-31(14-11-28)37-25(4)41)22-26-6-8-27(9-7-26)29-12-15-33(43-5)24(3)20-29/h12,15-21,23,26-28,31H,6-11,13-14,22H2,1-5H3,(H,37,41)/t26-,27-,28-,31-. The van der Waals surface area contributed by atoms with Crippen molar-refractivity contribution in [3.05, 3.63) is 59.9 Å². The summed E-state index contributed by atoms with van der Waals surface area (Å²) in [6.07, 6.45) is 11.4. The van der Waals surface area contributed by atoms with Crippen molar-refractivity contribution < 1.29 is 14.3 Å². The molecule has 2 heterocycles. The van der Waals surface area contributed by atoms with Crippen molar-refractivity contribution in [3.63, 3.8) is 0 Å². The van der Waals surface area contributed by atoms with Crippen LogP contribution in [0, 0.1) is 18.8 Å². The van der Waals surface area contributed by atoms with Crippen LogP contribution in [-0.4, -0.2) is 46.3 Å². The third kappa shape index (κ3) is 7.46. The number of ether oxygens (including phenoxy) is 1. The lowest BCUT2D eigenvalue weighted by Gasteiger charge is -2.36. The molecular weight excluding hydrogens is 538 g/mol. The zero-order valence-corrected chi connectivity index (χ0v) is 26.4. The lowest BCUT2D eigenvalue weighted by Crippen LogP contribution is -2.44. The van der Waals surface area contributed by atoms with Crippen molar-refractivity contribution in [1.82, 2.24) is 20.1 Å². The van der Waals surface area contributed by atoms with Crippen molar-refractivity contribution in [1.29, 1.82) is 0 Å². The lowest BCUT2D eigenvalue weighted by molar-refractivity contribution is -0.123. The van der Waals surface area contributed by atoms with Gasteiger partial charge in [0.2, 0.25) is 11.8 Å². The molecule has 230 valence electrons. The maximum absolute atomic E-state index is 14.2. The summed E-state index contributed by atoms with van der Waals surface area (Å²) in [6, 6.07) is 13.0. The highest BCUT2D eigenvalue weighted by Gasteiger charge is 2.33. The van der Waals surface area contributed by atoms with E-state index >= 15 is 0 Å². The molecule has 0 unspecified atom stereocenters. The summed E-state index contributed by atoms with van der Waals surface area (Å²) in [7, 11) is 1.72. The number of carbonyl (C=O) groups excluding carboxylic acids is 2. The van der Waals surface area contributed by atoms with Gasteiger partial charge in [0, 0.05) is 49.4 Å². The number of aromatic nitrogens is 3. The molecule has 2 aliphatic rings. The number of nitrogens with zero attached hydrogens (tertiary/aromatic N) is 4. The summed E-state index contributed by atoms with van der Waals surface area (Å²) in [4.78, 5) is 32.5. The maximum atomic E-state index is 14.2. The fourth-order valence-electron chi connectivity index (χ4n) is 6.89. The van der Waals surface area contributed by atoms with Crippen LogP contribution in [0.15, 0.2) is 48.8 Å². The van der Waals surface area contributed by atoms with Crippen LogP contribution in [-0.2, 0) is 9.59 Å². The predicted octanol–water partition coefficient (Wildman–Crippen LogP) is 6.84. The van der Waals surface area contributed by atoms with Crippen LogP contribution in [0.1, 0.15) is 95.2 Å². The van der Waals surface area contributed by atoms with E-state index in [0.29, 0.717) is 24.2 Å². The average Bonchev–Trinajstić information content (AvgIpc) is 3.51. The Balaban J connectivity index is 1.33. The van der Waals surface area contributed by atoms with Crippen molar-refractivity contribution in [3.8, 4) is 17.0 Å². The van der Waals surface area contributed by atoms with Crippen molar-refractivity contribution in [2.24, 2.45) is 11.8 Å². The van der Waals surface area contributed by atoms with Gasteiger partial charge in [0.25, 0.3) is 0 Å². The van der Waals surface area contributed by atoms with Gasteiger partial charge in [-0.25, -0.2) is 4.98 Å². The topological polar surface area (TPSA) is 89.3 Å². The van der Waals surface area contributed by atoms with Crippen LogP contribution in [0.3, 0.4) is 0 Å². The minimum absolute atomic E-state index is 0.00210. The Labute approximate surface area is 256 Å². The number of methoxy groups -OCH3 is 1. The van der Waals surface area contributed by atoms with Crippen molar-refractivity contribution in [2.75, 3.05) is 18.6 Å². The van der Waals surface area contributed by atoms with Crippen molar-refractivity contribution >= 4 is 17.6 Å². The first-order valence-corrected chi connectivity index (χ1v) is 16.0. The molecule has 8 nitrogen and oxygen atoms in total. The van der Waals surface area contributed by atoms with Crippen LogP contribution in [0.2, 0.25) is 0 Å². The molecule has 2 fully saturated rings. The van der Waals surface area contributed by atoms with Crippen LogP contribution in [0.5, 0.6) is 5.75 Å². The monoisotopic (exact) mass is 585 g/mol. The molecule has 2 aliphatic carbocycles. The van der Waals surface area contributed by atoms with E-state index in [-0.39, 0.29) is 29.8 Å². The smallest absolute Gasteiger partial charge is 0.231 e. The summed E-state index contributed by atoms with van der Waals surface area (Å²) >= 11 is 0. The summed E-state index contributed by atoms with van der Waals surface area (Å²) in [6.45, 7) is 8.57. The first-order chi connectivity index (χ1) is 20.7. The van der Waals surface area contributed by atoms with Crippen LogP contribution >= 0.6 is 0 Å². The van der Waals surface area contributed by atoms with E-state index in [1.54, 1.807) is 20.2 Å². The van der Waals surface area contributed by atoms with E-state index in [2.05, 4.69) is 44.3 Å². The van der Waals surface area contributed by atoms with Crippen LogP contribution in [0.25, 0.3) is 11.3 Å². The molecule has 8 heteroatoms. The van der Waals surface area contributed by atoms with Gasteiger partial charge >= 0.3 is 0 Å². The van der Waals surface area contributed by atoms with Gasteiger partial charge in [-0.15, -0.1) is 0 Å². The number of nitrogens with one attached hydrogen (secondary N) is 1. The molecule has 0 atom stereocenters. The molecule has 1 N–H and O–H groups in total. The minimum atomic E-state index is -0.0609. The summed E-state index contributed by atoms with van der Waals surface area (Å²) < 4.78 is 7.42. The molecule has 2 saturated carbocycles. The highest BCUT2D eigenvalue weighted by Crippen LogP contribution is 2.38. The van der Waals surface area contributed by atoms with Crippen LogP contribution < -0.4 is 15.0 Å². The number of aryl methyl sites for hydroxylation is 1. The number of carbonyl (C=O) groups is 2. The quantitative estimate of drug-likeness (QED) is 0.297. The number of amides is 2. The zero-order chi connectivity index (χ0) is 30.5. The van der Waals surface area contributed by atoms with Crippen LogP contribution in [0.4, 0.5) is 5.82 Å². The summed E-state index contributed by atoms with van der Waals surface area (Å²) in [5.41, 5.74) is 4.41. The molecule has 0 radical (unpaired) electrons. The molecule has 2 amide bonds. The summed E-state index contributed by atoms with van der Waals surface area (Å²) in [5, 5.41) is 7.80. The van der Waals surface area contributed by atoms with Gasteiger partial charge in [0.15, 0.2) is 0 Å². The second-order valence-electron chi connectivity index (χ2n) is 12.8. The molecule has 1 aromatic carbocycles. The highest BCUT2D eigenvalue weighted by atomic mass is 16.5. The third-order valence-electron chi connectivity index (χ3n) is 9.38. The Hall–Kier alpha value is -3.68. The largest absolute Gasteiger partial charge is 0.496 e. The van der Waals surface area contributed by atoms with E-state index in [9.17, 15) is 9.59 Å². The SMILES string of the molecule is COc1ccc([C@H]2CC[C@H](CN(c3cc(-c4ccn(C(C)C)n4)ccn3)C(=O)[C@H]3CC[C@H](NC(C)=O)CC3)CC2)cc1C. The van der Waals surface area contributed by atoms with Gasteiger partial charge in [-0.05, 0) is 119 Å². The Morgan fingerprint density at radius 3 is 2.40 bits per heavy atom. The van der Waals surface area contributed by atoms with Gasteiger partial charge in [-0.2, -0.15) is 5.10 Å². The molecule has 5 rings (SSSR count). The van der Waals surface area contributed by atoms with E-state index < -0.39 is 0 Å². The van der Waals surface area contributed by atoms with Gasteiger partial charge in [-0.3, -0.25) is 19.2 Å². The first kappa shape index (κ1) is 30.8. The Kier molecular flexibility index (Phi) is 9.83. The molecular formula is C35H47N5O3. The number of hydrogen-bond acceptors (Lipinski definition) is 5. The molecule has 0 bridgehead atoms. The molecule has 0 saturated heterocycles. The Bertz CT molecular complexity index is 1400. The van der Waals surface area contributed by atoms with Gasteiger partial charge in [0.1, 0.15) is 11.6 Å². The van der Waals surface area contributed by atoms with Gasteiger partial charge in [0.05, 0.1) is 12.8 Å². The number of pyridine rings is 1. The highest BCUT2D eigenvalue weighted by molar-refractivity contribution is 5.94. The number of hydrogen-bond donors (Lipinski definition) is 1. The van der Waals surface area contributed by atoms with Crippen molar-refractivity contribution in [2.45, 2.75) is 97.1 Å². The number of anilines is 1. The summed E-state index contributed by atoms with van der Waals surface area (Å²) in [5.74, 6) is 2.69.